The summed E-state index contributed by atoms with van der Waals surface area (Å²) in [5, 5.41) is 0. The highest BCUT2D eigenvalue weighted by Crippen LogP contribution is 2.27. The van der Waals surface area contributed by atoms with Gasteiger partial charge in [-0.1, -0.05) is 20.3 Å². The van der Waals surface area contributed by atoms with Crippen molar-refractivity contribution in [2.75, 3.05) is 6.61 Å². The van der Waals surface area contributed by atoms with Crippen LogP contribution in [0.4, 0.5) is 0 Å². The van der Waals surface area contributed by atoms with E-state index in [9.17, 15) is 4.79 Å². The Hall–Kier alpha value is -0.610. The standard InChI is InChI=1S/C14H27NO3/c1-9(2)13(18-14(16)10(3)15)11(4)17-8-12-6-5-7-12/h9-13H,5-8,15H2,1-4H3/t10-,11-,13?/m0/s1. The molecule has 0 amide bonds. The Kier molecular flexibility index (Phi) is 6.09. The summed E-state index contributed by atoms with van der Waals surface area (Å²) in [6, 6.07) is -0.579. The molecule has 18 heavy (non-hydrogen) atoms. The number of esters is 1. The molecule has 0 aliphatic heterocycles. The van der Waals surface area contributed by atoms with Crippen molar-refractivity contribution >= 4 is 5.97 Å². The molecule has 0 radical (unpaired) electrons. The third-order valence-electron chi connectivity index (χ3n) is 3.56. The lowest BCUT2D eigenvalue weighted by Gasteiger charge is -2.31. The van der Waals surface area contributed by atoms with Gasteiger partial charge in [0.2, 0.25) is 0 Å². The molecule has 0 spiro atoms. The highest BCUT2D eigenvalue weighted by atomic mass is 16.6. The predicted octanol–water partition coefficient (Wildman–Crippen LogP) is 2.11. The first-order valence-electron chi connectivity index (χ1n) is 6.99. The van der Waals surface area contributed by atoms with E-state index in [1.807, 2.05) is 20.8 Å². The fraction of sp³-hybridized carbons (Fsp3) is 0.929. The molecule has 1 fully saturated rings. The molecule has 0 aromatic heterocycles. The van der Waals surface area contributed by atoms with Crippen molar-refractivity contribution in [3.63, 3.8) is 0 Å². The van der Waals surface area contributed by atoms with Crippen LogP contribution >= 0.6 is 0 Å². The molecule has 1 unspecified atom stereocenters. The van der Waals surface area contributed by atoms with E-state index in [1.165, 1.54) is 19.3 Å². The van der Waals surface area contributed by atoms with Gasteiger partial charge in [-0.25, -0.2) is 0 Å². The van der Waals surface area contributed by atoms with E-state index in [2.05, 4.69) is 0 Å². The van der Waals surface area contributed by atoms with Gasteiger partial charge >= 0.3 is 5.97 Å². The number of carbonyl (C=O) groups excluding carboxylic acids is 1. The number of carbonyl (C=O) groups is 1. The molecule has 4 heteroatoms. The molecule has 0 bridgehead atoms. The molecular formula is C14H27NO3. The average molecular weight is 257 g/mol. The third kappa shape index (κ3) is 4.58. The van der Waals surface area contributed by atoms with Crippen LogP contribution < -0.4 is 5.73 Å². The van der Waals surface area contributed by atoms with E-state index in [1.54, 1.807) is 6.92 Å². The largest absolute Gasteiger partial charge is 0.458 e. The molecule has 0 heterocycles. The Bertz CT molecular complexity index is 262. The number of nitrogens with two attached hydrogens (primary N) is 1. The second-order valence-corrected chi connectivity index (χ2v) is 5.77. The first-order chi connectivity index (χ1) is 8.41. The number of ether oxygens (including phenoxy) is 2. The normalized spacial score (nSPS) is 21.2. The summed E-state index contributed by atoms with van der Waals surface area (Å²) in [6.07, 6.45) is 3.55. The summed E-state index contributed by atoms with van der Waals surface area (Å²) in [7, 11) is 0. The minimum absolute atomic E-state index is 0.0756. The van der Waals surface area contributed by atoms with Crippen molar-refractivity contribution in [3.8, 4) is 0 Å². The summed E-state index contributed by atoms with van der Waals surface area (Å²) in [4.78, 5) is 11.6. The van der Waals surface area contributed by atoms with Crippen molar-refractivity contribution in [1.82, 2.24) is 0 Å². The van der Waals surface area contributed by atoms with Gasteiger partial charge in [0.05, 0.1) is 6.10 Å². The fourth-order valence-corrected chi connectivity index (χ4v) is 2.06. The van der Waals surface area contributed by atoms with Crippen LogP contribution in [0.2, 0.25) is 0 Å². The maximum absolute atomic E-state index is 11.6. The Labute approximate surface area is 110 Å². The Morgan fingerprint density at radius 2 is 1.89 bits per heavy atom. The van der Waals surface area contributed by atoms with E-state index in [4.69, 9.17) is 15.2 Å². The van der Waals surface area contributed by atoms with E-state index in [0.29, 0.717) is 5.92 Å². The predicted molar refractivity (Wildman–Crippen MR) is 71.1 cm³/mol. The van der Waals surface area contributed by atoms with Crippen LogP contribution in [0.1, 0.15) is 47.0 Å². The fourth-order valence-electron chi connectivity index (χ4n) is 2.06. The number of hydrogen-bond donors (Lipinski definition) is 1. The molecule has 1 aliphatic rings. The Morgan fingerprint density at radius 3 is 2.28 bits per heavy atom. The van der Waals surface area contributed by atoms with E-state index in [-0.39, 0.29) is 24.1 Å². The molecule has 3 atom stereocenters. The van der Waals surface area contributed by atoms with Crippen LogP contribution in [0.3, 0.4) is 0 Å². The summed E-state index contributed by atoms with van der Waals surface area (Å²) in [5.41, 5.74) is 5.52. The summed E-state index contributed by atoms with van der Waals surface area (Å²) < 4.78 is 11.3. The molecule has 1 rings (SSSR count). The Balaban J connectivity index is 2.40. The summed E-state index contributed by atoms with van der Waals surface area (Å²) in [5.74, 6) is 0.571. The SMILES string of the molecule is CC(C)C(OC(=O)[C@H](C)N)[C@H](C)OCC1CCC1. The van der Waals surface area contributed by atoms with Gasteiger partial charge in [0, 0.05) is 6.61 Å². The minimum Gasteiger partial charge on any atom is -0.458 e. The van der Waals surface area contributed by atoms with Crippen LogP contribution in [0.15, 0.2) is 0 Å². The maximum atomic E-state index is 11.6. The highest BCUT2D eigenvalue weighted by Gasteiger charge is 2.28. The van der Waals surface area contributed by atoms with Crippen molar-refractivity contribution in [3.05, 3.63) is 0 Å². The second-order valence-electron chi connectivity index (χ2n) is 5.77. The van der Waals surface area contributed by atoms with Gasteiger partial charge in [-0.2, -0.15) is 0 Å². The maximum Gasteiger partial charge on any atom is 0.322 e. The van der Waals surface area contributed by atoms with Gasteiger partial charge in [0.15, 0.2) is 0 Å². The quantitative estimate of drug-likeness (QED) is 0.710. The second kappa shape index (κ2) is 7.10. The summed E-state index contributed by atoms with van der Waals surface area (Å²) >= 11 is 0. The third-order valence-corrected chi connectivity index (χ3v) is 3.56. The van der Waals surface area contributed by atoms with Crippen LogP contribution in [-0.4, -0.2) is 30.8 Å². The van der Waals surface area contributed by atoms with Crippen molar-refractivity contribution < 1.29 is 14.3 Å². The molecule has 0 saturated heterocycles. The molecule has 0 aromatic rings. The van der Waals surface area contributed by atoms with Gasteiger partial charge in [-0.05, 0) is 38.5 Å². The van der Waals surface area contributed by atoms with Gasteiger partial charge in [-0.15, -0.1) is 0 Å². The molecule has 106 valence electrons. The van der Waals surface area contributed by atoms with Crippen LogP contribution in [0.25, 0.3) is 0 Å². The zero-order valence-corrected chi connectivity index (χ0v) is 12.0. The first kappa shape index (κ1) is 15.4. The first-order valence-corrected chi connectivity index (χ1v) is 6.99. The Morgan fingerprint density at radius 1 is 1.28 bits per heavy atom. The van der Waals surface area contributed by atoms with Gasteiger partial charge in [-0.3, -0.25) is 4.79 Å². The molecule has 0 aromatic carbocycles. The lowest BCUT2D eigenvalue weighted by molar-refractivity contribution is -0.163. The lowest BCUT2D eigenvalue weighted by Crippen LogP contribution is -2.41. The van der Waals surface area contributed by atoms with Crippen LogP contribution in [0, 0.1) is 11.8 Å². The lowest BCUT2D eigenvalue weighted by atomic mass is 9.86. The highest BCUT2D eigenvalue weighted by molar-refractivity contribution is 5.75. The van der Waals surface area contributed by atoms with Crippen LogP contribution in [-0.2, 0) is 14.3 Å². The monoisotopic (exact) mass is 257 g/mol. The summed E-state index contributed by atoms with van der Waals surface area (Å²) in [6.45, 7) is 8.45. The van der Waals surface area contributed by atoms with Gasteiger partial charge in [0.1, 0.15) is 12.1 Å². The number of rotatable bonds is 7. The van der Waals surface area contributed by atoms with Crippen molar-refractivity contribution in [2.45, 2.75) is 65.2 Å². The molecular weight excluding hydrogens is 230 g/mol. The van der Waals surface area contributed by atoms with Crippen molar-refractivity contribution in [1.29, 1.82) is 0 Å². The van der Waals surface area contributed by atoms with E-state index < -0.39 is 6.04 Å². The zero-order chi connectivity index (χ0) is 13.7. The smallest absolute Gasteiger partial charge is 0.322 e. The van der Waals surface area contributed by atoms with Gasteiger partial charge < -0.3 is 15.2 Å². The van der Waals surface area contributed by atoms with E-state index in [0.717, 1.165) is 6.61 Å². The molecule has 1 saturated carbocycles. The number of hydrogen-bond acceptors (Lipinski definition) is 4. The van der Waals surface area contributed by atoms with Crippen LogP contribution in [0.5, 0.6) is 0 Å². The van der Waals surface area contributed by atoms with E-state index >= 15 is 0 Å². The average Bonchev–Trinajstić information content (AvgIpc) is 2.22. The van der Waals surface area contributed by atoms with Gasteiger partial charge in [0.25, 0.3) is 0 Å². The minimum atomic E-state index is -0.579. The molecule has 4 nitrogen and oxygen atoms in total. The topological polar surface area (TPSA) is 61.5 Å². The van der Waals surface area contributed by atoms with Crippen molar-refractivity contribution in [2.24, 2.45) is 17.6 Å². The zero-order valence-electron chi connectivity index (χ0n) is 12.0. The molecule has 1 aliphatic carbocycles. The molecule has 2 N–H and O–H groups in total.